The van der Waals surface area contributed by atoms with E-state index in [-0.39, 0.29) is 0 Å². The normalized spacial score (nSPS) is 16.4. The zero-order valence-electron chi connectivity index (χ0n) is 12.5. The molecule has 0 saturated heterocycles. The Balaban J connectivity index is 1.84. The first-order chi connectivity index (χ1) is 9.15. The molecule has 1 heterocycles. The molecule has 0 spiro atoms. The fourth-order valence-corrected chi connectivity index (χ4v) is 2.57. The van der Waals surface area contributed by atoms with Gasteiger partial charge in [-0.2, -0.15) is 0 Å². The van der Waals surface area contributed by atoms with Gasteiger partial charge in [0.2, 0.25) is 5.95 Å². The first kappa shape index (κ1) is 14.4. The number of rotatable bonds is 7. The molecular weight excluding hydrogens is 238 g/mol. The lowest BCUT2D eigenvalue weighted by molar-refractivity contribution is 0.103. The molecule has 1 aliphatic carbocycles. The van der Waals surface area contributed by atoms with Crippen molar-refractivity contribution >= 4 is 5.95 Å². The SMILES string of the molecule is Cc1cn(CCOCC(C)C)c(NC2CCCC2)n1. The summed E-state index contributed by atoms with van der Waals surface area (Å²) < 4.78 is 7.85. The molecule has 0 aliphatic heterocycles. The fraction of sp³-hybridized carbons (Fsp3) is 0.800. The van der Waals surface area contributed by atoms with Gasteiger partial charge < -0.3 is 14.6 Å². The minimum Gasteiger partial charge on any atom is -0.379 e. The molecule has 108 valence electrons. The van der Waals surface area contributed by atoms with E-state index < -0.39 is 0 Å². The monoisotopic (exact) mass is 265 g/mol. The van der Waals surface area contributed by atoms with Crippen molar-refractivity contribution in [2.75, 3.05) is 18.5 Å². The van der Waals surface area contributed by atoms with Crippen LogP contribution in [0.3, 0.4) is 0 Å². The van der Waals surface area contributed by atoms with Gasteiger partial charge in [-0.25, -0.2) is 4.98 Å². The average molecular weight is 265 g/mol. The molecule has 0 radical (unpaired) electrons. The van der Waals surface area contributed by atoms with E-state index in [1.54, 1.807) is 0 Å². The standard InChI is InChI=1S/C15H27N3O/c1-12(2)11-19-9-8-18-10-13(3)16-15(18)17-14-6-4-5-7-14/h10,12,14H,4-9,11H2,1-3H3,(H,16,17). The average Bonchev–Trinajstić information content (AvgIpc) is 2.95. The van der Waals surface area contributed by atoms with Gasteiger partial charge in [0.1, 0.15) is 0 Å². The summed E-state index contributed by atoms with van der Waals surface area (Å²) in [6.07, 6.45) is 7.34. The minimum absolute atomic E-state index is 0.598. The number of nitrogens with zero attached hydrogens (tertiary/aromatic N) is 2. The molecule has 0 unspecified atom stereocenters. The molecule has 19 heavy (non-hydrogen) atoms. The van der Waals surface area contributed by atoms with Crippen LogP contribution in [0.15, 0.2) is 6.20 Å². The van der Waals surface area contributed by atoms with Crippen molar-refractivity contribution in [3.63, 3.8) is 0 Å². The van der Waals surface area contributed by atoms with Gasteiger partial charge in [0, 0.05) is 25.4 Å². The first-order valence-electron chi connectivity index (χ1n) is 7.53. The first-order valence-corrected chi connectivity index (χ1v) is 7.53. The second-order valence-corrected chi connectivity index (χ2v) is 5.99. The second-order valence-electron chi connectivity index (χ2n) is 5.99. The highest BCUT2D eigenvalue weighted by molar-refractivity contribution is 5.30. The molecule has 2 rings (SSSR count). The number of aromatic nitrogens is 2. The lowest BCUT2D eigenvalue weighted by Gasteiger charge is -2.15. The smallest absolute Gasteiger partial charge is 0.203 e. The summed E-state index contributed by atoms with van der Waals surface area (Å²) in [6.45, 7) is 8.86. The third kappa shape index (κ3) is 4.53. The van der Waals surface area contributed by atoms with Crippen LogP contribution in [-0.2, 0) is 11.3 Å². The highest BCUT2D eigenvalue weighted by Gasteiger charge is 2.17. The largest absolute Gasteiger partial charge is 0.379 e. The predicted molar refractivity (Wildman–Crippen MR) is 78.5 cm³/mol. The van der Waals surface area contributed by atoms with Crippen molar-refractivity contribution < 1.29 is 4.74 Å². The molecule has 1 aliphatic rings. The minimum atomic E-state index is 0.598. The van der Waals surface area contributed by atoms with Crippen LogP contribution in [0.2, 0.25) is 0 Å². The van der Waals surface area contributed by atoms with Gasteiger partial charge in [0.15, 0.2) is 0 Å². The zero-order chi connectivity index (χ0) is 13.7. The molecule has 1 fully saturated rings. The number of ether oxygens (including phenoxy) is 1. The third-order valence-corrected chi connectivity index (χ3v) is 3.51. The lowest BCUT2D eigenvalue weighted by atomic mass is 10.2. The van der Waals surface area contributed by atoms with Crippen molar-refractivity contribution in [2.24, 2.45) is 5.92 Å². The van der Waals surface area contributed by atoms with E-state index in [1.165, 1.54) is 25.7 Å². The van der Waals surface area contributed by atoms with Crippen LogP contribution in [-0.4, -0.2) is 28.8 Å². The molecule has 1 aromatic heterocycles. The van der Waals surface area contributed by atoms with Gasteiger partial charge in [-0.05, 0) is 25.7 Å². The summed E-state index contributed by atoms with van der Waals surface area (Å²) in [4.78, 5) is 4.58. The Morgan fingerprint density at radius 3 is 2.84 bits per heavy atom. The Kier molecular flexibility index (Phi) is 5.25. The Hall–Kier alpha value is -1.03. The molecule has 0 amide bonds. The Morgan fingerprint density at radius 1 is 1.42 bits per heavy atom. The van der Waals surface area contributed by atoms with Crippen molar-refractivity contribution in [2.45, 2.75) is 59.0 Å². The number of anilines is 1. The maximum atomic E-state index is 5.66. The molecule has 1 aromatic rings. The predicted octanol–water partition coefficient (Wildman–Crippen LogP) is 3.22. The van der Waals surface area contributed by atoms with Gasteiger partial charge in [-0.15, -0.1) is 0 Å². The van der Waals surface area contributed by atoms with Crippen molar-refractivity contribution in [1.82, 2.24) is 9.55 Å². The second kappa shape index (κ2) is 6.94. The quantitative estimate of drug-likeness (QED) is 0.769. The number of nitrogens with one attached hydrogen (secondary N) is 1. The lowest BCUT2D eigenvalue weighted by Crippen LogP contribution is -2.19. The summed E-state index contributed by atoms with van der Waals surface area (Å²) >= 11 is 0. The van der Waals surface area contributed by atoms with E-state index in [1.807, 2.05) is 6.92 Å². The topological polar surface area (TPSA) is 39.1 Å². The van der Waals surface area contributed by atoms with Crippen LogP contribution in [0.4, 0.5) is 5.95 Å². The summed E-state index contributed by atoms with van der Waals surface area (Å²) in [7, 11) is 0. The Morgan fingerprint density at radius 2 is 2.16 bits per heavy atom. The summed E-state index contributed by atoms with van der Waals surface area (Å²) in [6, 6.07) is 0.608. The number of hydrogen-bond donors (Lipinski definition) is 1. The molecule has 4 nitrogen and oxygen atoms in total. The summed E-state index contributed by atoms with van der Waals surface area (Å²) in [5.41, 5.74) is 1.07. The number of hydrogen-bond acceptors (Lipinski definition) is 3. The molecule has 1 N–H and O–H groups in total. The summed E-state index contributed by atoms with van der Waals surface area (Å²) in [5, 5.41) is 3.58. The van der Waals surface area contributed by atoms with Gasteiger partial charge in [0.05, 0.1) is 12.3 Å². The Bertz CT molecular complexity index is 381. The third-order valence-electron chi connectivity index (χ3n) is 3.51. The highest BCUT2D eigenvalue weighted by Crippen LogP contribution is 2.22. The van der Waals surface area contributed by atoms with Crippen LogP contribution < -0.4 is 5.32 Å². The van der Waals surface area contributed by atoms with E-state index >= 15 is 0 Å². The fourth-order valence-electron chi connectivity index (χ4n) is 2.57. The summed E-state index contributed by atoms with van der Waals surface area (Å²) in [5.74, 6) is 1.61. The highest BCUT2D eigenvalue weighted by atomic mass is 16.5. The Labute approximate surface area is 116 Å². The van der Waals surface area contributed by atoms with E-state index in [0.717, 1.165) is 31.4 Å². The van der Waals surface area contributed by atoms with E-state index in [2.05, 4.69) is 34.9 Å². The molecule has 4 heteroatoms. The number of aryl methyl sites for hydroxylation is 1. The maximum absolute atomic E-state index is 5.66. The van der Waals surface area contributed by atoms with Crippen LogP contribution >= 0.6 is 0 Å². The molecule has 0 bridgehead atoms. The molecule has 1 saturated carbocycles. The van der Waals surface area contributed by atoms with Gasteiger partial charge in [-0.1, -0.05) is 26.7 Å². The zero-order valence-corrected chi connectivity index (χ0v) is 12.5. The van der Waals surface area contributed by atoms with Crippen molar-refractivity contribution in [3.8, 4) is 0 Å². The van der Waals surface area contributed by atoms with Crippen LogP contribution in [0.25, 0.3) is 0 Å². The van der Waals surface area contributed by atoms with Crippen LogP contribution in [0, 0.1) is 12.8 Å². The van der Waals surface area contributed by atoms with Crippen LogP contribution in [0.5, 0.6) is 0 Å². The molecule has 0 aromatic carbocycles. The van der Waals surface area contributed by atoms with Crippen molar-refractivity contribution in [3.05, 3.63) is 11.9 Å². The maximum Gasteiger partial charge on any atom is 0.203 e. The molecule has 0 atom stereocenters. The van der Waals surface area contributed by atoms with E-state index in [4.69, 9.17) is 4.74 Å². The molecular formula is C15H27N3O. The van der Waals surface area contributed by atoms with E-state index in [0.29, 0.717) is 12.0 Å². The van der Waals surface area contributed by atoms with E-state index in [9.17, 15) is 0 Å². The number of imidazole rings is 1. The van der Waals surface area contributed by atoms with Gasteiger partial charge >= 0.3 is 0 Å². The van der Waals surface area contributed by atoms with Crippen molar-refractivity contribution in [1.29, 1.82) is 0 Å². The van der Waals surface area contributed by atoms with Crippen LogP contribution in [0.1, 0.15) is 45.2 Å². The van der Waals surface area contributed by atoms with Gasteiger partial charge in [0.25, 0.3) is 0 Å². The van der Waals surface area contributed by atoms with Gasteiger partial charge in [-0.3, -0.25) is 0 Å².